The summed E-state index contributed by atoms with van der Waals surface area (Å²) >= 11 is 0. The molecule has 2 aromatic carbocycles. The van der Waals surface area contributed by atoms with Crippen LogP contribution in [0.15, 0.2) is 42.6 Å². The number of alkyl halides is 3. The van der Waals surface area contributed by atoms with Crippen LogP contribution < -0.4 is 0 Å². The van der Waals surface area contributed by atoms with Gasteiger partial charge in [-0.1, -0.05) is 37.5 Å². The monoisotopic (exact) mass is 375 g/mol. The summed E-state index contributed by atoms with van der Waals surface area (Å²) in [5.74, 6) is 0.187. The highest BCUT2D eigenvalue weighted by molar-refractivity contribution is 5.88. The van der Waals surface area contributed by atoms with E-state index in [9.17, 15) is 22.0 Å². The van der Waals surface area contributed by atoms with Gasteiger partial charge in [0.2, 0.25) is 0 Å². The molecule has 27 heavy (non-hydrogen) atoms. The van der Waals surface area contributed by atoms with Gasteiger partial charge < -0.3 is 0 Å². The number of pyridine rings is 1. The van der Waals surface area contributed by atoms with Gasteiger partial charge in [-0.05, 0) is 35.6 Å². The van der Waals surface area contributed by atoms with E-state index in [2.05, 4.69) is 11.9 Å². The minimum Gasteiger partial charge on any atom is -0.256 e. The minimum atomic E-state index is -4.83. The molecule has 138 valence electrons. The Morgan fingerprint density at radius 1 is 1.04 bits per heavy atom. The zero-order valence-corrected chi connectivity index (χ0v) is 14.3. The van der Waals surface area contributed by atoms with E-state index in [1.165, 1.54) is 6.07 Å². The van der Waals surface area contributed by atoms with Gasteiger partial charge in [0.05, 0.1) is 11.3 Å². The number of nitrogens with zero attached hydrogens (tertiary/aromatic N) is 1. The van der Waals surface area contributed by atoms with Crippen LogP contribution in [0.2, 0.25) is 0 Å². The SMILES string of the molecule is CCCc1ccc(-c2ccc3c(F)c(C#CC(F)(F)F)c(F)cc3c2)nc1. The third-order valence-corrected chi connectivity index (χ3v) is 4.02. The van der Waals surface area contributed by atoms with Crippen molar-refractivity contribution in [3.8, 4) is 23.1 Å². The zero-order chi connectivity index (χ0) is 19.6. The Balaban J connectivity index is 2.04. The van der Waals surface area contributed by atoms with Crippen molar-refractivity contribution in [2.75, 3.05) is 0 Å². The van der Waals surface area contributed by atoms with Crippen molar-refractivity contribution in [2.45, 2.75) is 25.9 Å². The van der Waals surface area contributed by atoms with Crippen molar-refractivity contribution in [2.24, 2.45) is 0 Å². The Bertz CT molecular complexity index is 1040. The van der Waals surface area contributed by atoms with Crippen molar-refractivity contribution < 1.29 is 22.0 Å². The summed E-state index contributed by atoms with van der Waals surface area (Å²) in [5.41, 5.74) is 1.48. The lowest BCUT2D eigenvalue weighted by atomic mass is 10.0. The molecular weight excluding hydrogens is 361 g/mol. The van der Waals surface area contributed by atoms with E-state index in [4.69, 9.17) is 0 Å². The van der Waals surface area contributed by atoms with Crippen LogP contribution in [0.4, 0.5) is 22.0 Å². The maximum absolute atomic E-state index is 14.5. The van der Waals surface area contributed by atoms with Gasteiger partial charge in [0.15, 0.2) is 0 Å². The van der Waals surface area contributed by atoms with Gasteiger partial charge in [0.25, 0.3) is 0 Å². The fraction of sp³-hybridized carbons (Fsp3) is 0.190. The Morgan fingerprint density at radius 2 is 1.81 bits per heavy atom. The van der Waals surface area contributed by atoms with Crippen LogP contribution in [0, 0.1) is 23.5 Å². The fourth-order valence-electron chi connectivity index (χ4n) is 2.77. The molecule has 3 rings (SSSR count). The van der Waals surface area contributed by atoms with E-state index < -0.39 is 23.4 Å². The molecule has 0 aliphatic rings. The highest BCUT2D eigenvalue weighted by Gasteiger charge is 2.24. The molecule has 0 fully saturated rings. The first kappa shape index (κ1) is 18.8. The van der Waals surface area contributed by atoms with Gasteiger partial charge >= 0.3 is 6.18 Å². The maximum Gasteiger partial charge on any atom is 0.458 e. The smallest absolute Gasteiger partial charge is 0.256 e. The first-order valence-corrected chi connectivity index (χ1v) is 8.25. The van der Waals surface area contributed by atoms with Gasteiger partial charge in [0, 0.05) is 23.1 Å². The zero-order valence-electron chi connectivity index (χ0n) is 14.3. The van der Waals surface area contributed by atoms with Crippen molar-refractivity contribution in [3.63, 3.8) is 0 Å². The second-order valence-electron chi connectivity index (χ2n) is 6.03. The van der Waals surface area contributed by atoms with Crippen LogP contribution in [0.3, 0.4) is 0 Å². The van der Waals surface area contributed by atoms with Crippen molar-refractivity contribution in [1.29, 1.82) is 0 Å². The summed E-state index contributed by atoms with van der Waals surface area (Å²) in [4.78, 5) is 4.36. The van der Waals surface area contributed by atoms with Crippen LogP contribution in [0.5, 0.6) is 0 Å². The summed E-state index contributed by atoms with van der Waals surface area (Å²) in [7, 11) is 0. The van der Waals surface area contributed by atoms with Crippen LogP contribution in [0.25, 0.3) is 22.0 Å². The van der Waals surface area contributed by atoms with E-state index in [1.54, 1.807) is 24.3 Å². The molecule has 0 N–H and O–H groups in total. The Kier molecular flexibility index (Phi) is 5.13. The van der Waals surface area contributed by atoms with Gasteiger partial charge in [-0.2, -0.15) is 13.2 Å². The lowest BCUT2D eigenvalue weighted by Crippen LogP contribution is -2.02. The van der Waals surface area contributed by atoms with E-state index >= 15 is 0 Å². The molecule has 0 aliphatic carbocycles. The fourth-order valence-corrected chi connectivity index (χ4v) is 2.77. The topological polar surface area (TPSA) is 12.9 Å². The lowest BCUT2D eigenvalue weighted by Gasteiger charge is -2.07. The number of benzene rings is 2. The van der Waals surface area contributed by atoms with Crippen molar-refractivity contribution >= 4 is 10.8 Å². The maximum atomic E-state index is 14.5. The van der Waals surface area contributed by atoms with Crippen LogP contribution in [0.1, 0.15) is 24.5 Å². The normalized spacial score (nSPS) is 11.3. The Hall–Kier alpha value is -2.94. The Labute approximate surface area is 152 Å². The van der Waals surface area contributed by atoms with Crippen molar-refractivity contribution in [3.05, 3.63) is 65.4 Å². The molecule has 0 atom stereocenters. The molecule has 0 spiro atoms. The van der Waals surface area contributed by atoms with Crippen LogP contribution >= 0.6 is 0 Å². The summed E-state index contributed by atoms with van der Waals surface area (Å²) < 4.78 is 65.2. The average molecular weight is 375 g/mol. The first-order chi connectivity index (χ1) is 12.8. The molecule has 0 bridgehead atoms. The van der Waals surface area contributed by atoms with Gasteiger partial charge in [0.1, 0.15) is 11.6 Å². The predicted molar refractivity (Wildman–Crippen MR) is 94.0 cm³/mol. The summed E-state index contributed by atoms with van der Waals surface area (Å²) in [6.07, 6.45) is -1.17. The van der Waals surface area contributed by atoms with Gasteiger partial charge in [-0.3, -0.25) is 4.98 Å². The molecule has 1 nitrogen and oxygen atoms in total. The Morgan fingerprint density at radius 3 is 2.44 bits per heavy atom. The molecule has 0 saturated carbocycles. The molecular formula is C21H14F5N. The third-order valence-electron chi connectivity index (χ3n) is 4.02. The van der Waals surface area contributed by atoms with Crippen LogP contribution in [-0.2, 0) is 6.42 Å². The number of aromatic nitrogens is 1. The van der Waals surface area contributed by atoms with Gasteiger partial charge in [-0.15, -0.1) is 0 Å². The lowest BCUT2D eigenvalue weighted by molar-refractivity contribution is -0.0696. The molecule has 0 unspecified atom stereocenters. The number of halogens is 5. The largest absolute Gasteiger partial charge is 0.458 e. The van der Waals surface area contributed by atoms with E-state index in [1.807, 2.05) is 12.1 Å². The number of aryl methyl sites for hydroxylation is 1. The standard InChI is InChI=1S/C21H14F5N/c1-2-3-13-4-7-19(27-12-13)14-5-6-16-15(10-14)11-18(22)17(20(16)23)8-9-21(24,25)26/h4-7,10-12H,2-3H2,1H3. The van der Waals surface area contributed by atoms with Gasteiger partial charge in [-0.25, -0.2) is 8.78 Å². The molecule has 0 aliphatic heterocycles. The summed E-state index contributed by atoms with van der Waals surface area (Å²) in [6.45, 7) is 2.06. The minimum absolute atomic E-state index is 0.00534. The molecule has 1 aromatic heterocycles. The number of rotatable bonds is 3. The van der Waals surface area contributed by atoms with Crippen LogP contribution in [-0.4, -0.2) is 11.2 Å². The van der Waals surface area contributed by atoms with E-state index in [0.29, 0.717) is 11.3 Å². The average Bonchev–Trinajstić information content (AvgIpc) is 2.61. The number of hydrogen-bond donors (Lipinski definition) is 0. The molecule has 1 heterocycles. The predicted octanol–water partition coefficient (Wildman–Crippen LogP) is 6.05. The molecule has 0 radical (unpaired) electrons. The molecule has 6 heteroatoms. The highest BCUT2D eigenvalue weighted by Crippen LogP contribution is 2.28. The highest BCUT2D eigenvalue weighted by atomic mass is 19.4. The summed E-state index contributed by atoms with van der Waals surface area (Å²) in [6, 6.07) is 9.26. The van der Waals surface area contributed by atoms with E-state index in [-0.39, 0.29) is 10.8 Å². The van der Waals surface area contributed by atoms with Crippen molar-refractivity contribution in [1.82, 2.24) is 4.98 Å². The third kappa shape index (κ3) is 4.25. The second kappa shape index (κ2) is 7.36. The molecule has 0 saturated heterocycles. The van der Waals surface area contributed by atoms with E-state index in [0.717, 1.165) is 30.4 Å². The molecule has 3 aromatic rings. The summed E-state index contributed by atoms with van der Waals surface area (Å²) in [5, 5.41) is 0.216. The second-order valence-corrected chi connectivity index (χ2v) is 6.03. The first-order valence-electron chi connectivity index (χ1n) is 8.25. The number of hydrogen-bond acceptors (Lipinski definition) is 1. The number of fused-ring (bicyclic) bond motifs is 1. The quantitative estimate of drug-likeness (QED) is 0.401. The molecule has 0 amide bonds.